The molecule has 0 aliphatic carbocycles. The van der Waals surface area contributed by atoms with Crippen LogP contribution in [0, 0.1) is 0 Å². The van der Waals surface area contributed by atoms with E-state index >= 15 is 0 Å². The molecule has 0 radical (unpaired) electrons. The smallest absolute Gasteiger partial charge is 0.336 e. The fraction of sp³-hybridized carbons (Fsp3) is 0. The fourth-order valence-corrected chi connectivity index (χ4v) is 1.87. The second-order valence-electron chi connectivity index (χ2n) is 4.96. The van der Waals surface area contributed by atoms with E-state index in [1.165, 1.54) is 6.07 Å². The molecule has 0 amide bonds. The highest BCUT2D eigenvalue weighted by Gasteiger charge is 1.92. The van der Waals surface area contributed by atoms with Crippen LogP contribution in [0.25, 0.3) is 11.0 Å². The maximum absolute atomic E-state index is 10.7. The van der Waals surface area contributed by atoms with E-state index in [9.17, 15) is 4.79 Å². The van der Waals surface area contributed by atoms with Crippen molar-refractivity contribution in [3.8, 4) is 11.5 Å². The molecular weight excluding hydrogens is 316 g/mol. The van der Waals surface area contributed by atoms with Crippen LogP contribution in [0.4, 0.5) is 0 Å². The lowest BCUT2D eigenvalue weighted by Gasteiger charge is -1.91. The monoisotopic (exact) mass is 334 g/mol. The molecule has 25 heavy (non-hydrogen) atoms. The van der Waals surface area contributed by atoms with Crippen molar-refractivity contribution in [2.24, 2.45) is 0 Å². The quantitative estimate of drug-likeness (QED) is 0.462. The van der Waals surface area contributed by atoms with Crippen molar-refractivity contribution in [1.29, 1.82) is 0 Å². The van der Waals surface area contributed by atoms with E-state index in [-0.39, 0.29) is 5.63 Å². The lowest BCUT2D eigenvalue weighted by atomic mass is 10.2. The molecule has 4 rings (SSSR count). The number of phenolic OH excluding ortho intramolecular Hbond substituents is 2. The summed E-state index contributed by atoms with van der Waals surface area (Å²) in [6.07, 6.45) is 0. The van der Waals surface area contributed by atoms with Gasteiger partial charge in [-0.05, 0) is 36.4 Å². The second kappa shape index (κ2) is 9.57. The van der Waals surface area contributed by atoms with Gasteiger partial charge in [0.25, 0.3) is 0 Å². The Morgan fingerprint density at radius 2 is 1.04 bits per heavy atom. The lowest BCUT2D eigenvalue weighted by molar-refractivity contribution is 0.475. The van der Waals surface area contributed by atoms with Crippen LogP contribution in [0.1, 0.15) is 0 Å². The maximum atomic E-state index is 10.7. The molecule has 4 aromatic rings. The van der Waals surface area contributed by atoms with Crippen molar-refractivity contribution >= 4 is 11.0 Å². The zero-order chi connectivity index (χ0) is 17.9. The van der Waals surface area contributed by atoms with Crippen molar-refractivity contribution in [3.05, 3.63) is 107 Å². The van der Waals surface area contributed by atoms with Crippen LogP contribution in [0.2, 0.25) is 0 Å². The molecule has 0 aliphatic rings. The average molecular weight is 334 g/mol. The van der Waals surface area contributed by atoms with Gasteiger partial charge in [-0.2, -0.15) is 0 Å². The van der Waals surface area contributed by atoms with E-state index in [0.29, 0.717) is 17.1 Å². The van der Waals surface area contributed by atoms with Crippen molar-refractivity contribution < 1.29 is 14.6 Å². The van der Waals surface area contributed by atoms with Gasteiger partial charge in [-0.25, -0.2) is 4.79 Å². The van der Waals surface area contributed by atoms with E-state index in [1.54, 1.807) is 60.7 Å². The van der Waals surface area contributed by atoms with Crippen LogP contribution in [0.3, 0.4) is 0 Å². The fourth-order valence-electron chi connectivity index (χ4n) is 1.87. The molecule has 1 heterocycles. The minimum Gasteiger partial charge on any atom is -0.508 e. The van der Waals surface area contributed by atoms with Gasteiger partial charge in [-0.1, -0.05) is 54.6 Å². The molecule has 0 saturated carbocycles. The molecular formula is C21H18O4. The largest absolute Gasteiger partial charge is 0.508 e. The Bertz CT molecular complexity index is 894. The van der Waals surface area contributed by atoms with Crippen LogP contribution in [-0.2, 0) is 0 Å². The number of rotatable bonds is 0. The van der Waals surface area contributed by atoms with Gasteiger partial charge in [0.05, 0.1) is 0 Å². The van der Waals surface area contributed by atoms with Crippen molar-refractivity contribution in [2.45, 2.75) is 0 Å². The molecule has 1 aromatic heterocycles. The van der Waals surface area contributed by atoms with Gasteiger partial charge >= 0.3 is 5.63 Å². The number of hydrogen-bond acceptors (Lipinski definition) is 4. The molecule has 0 bridgehead atoms. The lowest BCUT2D eigenvalue weighted by Crippen LogP contribution is -1.93. The molecule has 0 atom stereocenters. The van der Waals surface area contributed by atoms with Crippen LogP contribution >= 0.6 is 0 Å². The minimum absolute atomic E-state index is 0.302. The number of benzene rings is 3. The molecule has 0 unspecified atom stereocenters. The molecule has 0 saturated heterocycles. The molecule has 4 heteroatoms. The summed E-state index contributed by atoms with van der Waals surface area (Å²) in [6, 6.07) is 28.0. The Morgan fingerprint density at radius 1 is 0.560 bits per heavy atom. The van der Waals surface area contributed by atoms with Crippen LogP contribution in [0.5, 0.6) is 11.5 Å². The molecule has 0 aliphatic heterocycles. The Balaban J connectivity index is 0.000000142. The topological polar surface area (TPSA) is 70.7 Å². The van der Waals surface area contributed by atoms with Crippen molar-refractivity contribution in [3.63, 3.8) is 0 Å². The van der Waals surface area contributed by atoms with Gasteiger partial charge in [-0.15, -0.1) is 0 Å². The van der Waals surface area contributed by atoms with Crippen LogP contribution in [0.15, 0.2) is 106 Å². The highest BCUT2D eigenvalue weighted by Crippen LogP contribution is 2.09. The number of hydrogen-bond donors (Lipinski definition) is 2. The SMILES string of the molecule is O=c1ccc2ccccc2o1.Oc1ccccc1.Oc1ccccc1. The summed E-state index contributed by atoms with van der Waals surface area (Å²) < 4.78 is 4.91. The number of fused-ring (bicyclic) bond motifs is 1. The minimum atomic E-state index is -0.302. The number of phenols is 2. The van der Waals surface area contributed by atoms with Gasteiger partial charge in [0, 0.05) is 11.5 Å². The van der Waals surface area contributed by atoms with Gasteiger partial charge in [-0.3, -0.25) is 0 Å². The Morgan fingerprint density at radius 3 is 1.52 bits per heavy atom. The maximum Gasteiger partial charge on any atom is 0.336 e. The Hall–Kier alpha value is -3.53. The van der Waals surface area contributed by atoms with Gasteiger partial charge in [0.15, 0.2) is 0 Å². The summed E-state index contributed by atoms with van der Waals surface area (Å²) in [7, 11) is 0. The average Bonchev–Trinajstić information content (AvgIpc) is 2.64. The third-order valence-electron chi connectivity index (χ3n) is 3.04. The molecule has 126 valence electrons. The summed E-state index contributed by atoms with van der Waals surface area (Å²) in [4.78, 5) is 10.7. The molecule has 0 fully saturated rings. The summed E-state index contributed by atoms with van der Waals surface area (Å²) in [5.74, 6) is 0.644. The predicted octanol–water partition coefficient (Wildman–Crippen LogP) is 4.58. The first-order valence-electron chi connectivity index (χ1n) is 7.62. The van der Waals surface area contributed by atoms with Gasteiger partial charge < -0.3 is 14.6 Å². The number of para-hydroxylation sites is 3. The van der Waals surface area contributed by atoms with Crippen molar-refractivity contribution in [2.75, 3.05) is 0 Å². The van der Waals surface area contributed by atoms with Gasteiger partial charge in [0.2, 0.25) is 0 Å². The molecule has 3 aromatic carbocycles. The summed E-state index contributed by atoms with van der Waals surface area (Å²) in [5.41, 5.74) is 0.337. The molecule has 0 spiro atoms. The van der Waals surface area contributed by atoms with E-state index < -0.39 is 0 Å². The third-order valence-corrected chi connectivity index (χ3v) is 3.04. The first-order chi connectivity index (χ1) is 12.1. The van der Waals surface area contributed by atoms with E-state index in [4.69, 9.17) is 14.6 Å². The van der Waals surface area contributed by atoms with Crippen LogP contribution < -0.4 is 5.63 Å². The molecule has 2 N–H and O–H groups in total. The van der Waals surface area contributed by atoms with E-state index in [2.05, 4.69) is 0 Å². The van der Waals surface area contributed by atoms with E-state index in [0.717, 1.165) is 5.39 Å². The van der Waals surface area contributed by atoms with Crippen LogP contribution in [-0.4, -0.2) is 10.2 Å². The summed E-state index contributed by atoms with van der Waals surface area (Å²) in [6.45, 7) is 0. The predicted molar refractivity (Wildman–Crippen MR) is 98.7 cm³/mol. The first-order valence-corrected chi connectivity index (χ1v) is 7.62. The highest BCUT2D eigenvalue weighted by atomic mass is 16.4. The zero-order valence-corrected chi connectivity index (χ0v) is 13.4. The summed E-state index contributed by atoms with van der Waals surface area (Å²) in [5, 5.41) is 18.2. The molecule has 4 nitrogen and oxygen atoms in total. The first kappa shape index (κ1) is 17.8. The zero-order valence-electron chi connectivity index (χ0n) is 13.4. The second-order valence-corrected chi connectivity index (χ2v) is 4.96. The van der Waals surface area contributed by atoms with Gasteiger partial charge in [0.1, 0.15) is 17.1 Å². The standard InChI is InChI=1S/C9H6O2.2C6H6O/c10-9-6-5-7-3-1-2-4-8(7)11-9;2*7-6-4-2-1-3-5-6/h1-6H;2*1-5,7H. The Labute approximate surface area is 145 Å². The third kappa shape index (κ3) is 6.62. The number of aromatic hydroxyl groups is 2. The Kier molecular flexibility index (Phi) is 6.82. The highest BCUT2D eigenvalue weighted by molar-refractivity contribution is 5.75. The van der Waals surface area contributed by atoms with Crippen molar-refractivity contribution in [1.82, 2.24) is 0 Å². The van der Waals surface area contributed by atoms with E-state index in [1.807, 2.05) is 30.3 Å². The summed E-state index contributed by atoms with van der Waals surface area (Å²) >= 11 is 0. The normalized spacial score (nSPS) is 9.28.